The Hall–Kier alpha value is -2.74. The van der Waals surface area contributed by atoms with E-state index in [4.69, 9.17) is 10.5 Å². The number of hydrogen-bond acceptors (Lipinski definition) is 5. The van der Waals surface area contributed by atoms with E-state index in [2.05, 4.69) is 10.2 Å². The molecule has 3 rings (SSSR count). The van der Waals surface area contributed by atoms with Gasteiger partial charge >= 0.3 is 0 Å². The Labute approximate surface area is 177 Å². The number of amides is 2. The van der Waals surface area contributed by atoms with E-state index in [9.17, 15) is 9.59 Å². The molecule has 2 aromatic carbocycles. The molecule has 2 aromatic rings. The Morgan fingerprint density at radius 2 is 1.63 bits per heavy atom. The average Bonchev–Trinajstić information content (AvgIpc) is 2.79. The largest absolute Gasteiger partial charge is 0.377 e. The SMILES string of the molecule is CN1CCN(C(=O)[C@H](COCCN)NC(=O)c2ccc(-c3ccccc3)cc2)CC1. The van der Waals surface area contributed by atoms with Crippen molar-refractivity contribution in [2.45, 2.75) is 6.04 Å². The zero-order chi connectivity index (χ0) is 21.3. The van der Waals surface area contributed by atoms with Crippen LogP contribution in [-0.4, -0.2) is 80.6 Å². The van der Waals surface area contributed by atoms with Gasteiger partial charge in [0.25, 0.3) is 5.91 Å². The van der Waals surface area contributed by atoms with Crippen LogP contribution in [0.4, 0.5) is 0 Å². The summed E-state index contributed by atoms with van der Waals surface area (Å²) in [5, 5.41) is 2.85. The van der Waals surface area contributed by atoms with Crippen molar-refractivity contribution in [2.75, 3.05) is 53.0 Å². The third-order valence-electron chi connectivity index (χ3n) is 5.22. The number of benzene rings is 2. The molecule has 1 heterocycles. The average molecular weight is 411 g/mol. The van der Waals surface area contributed by atoms with Crippen LogP contribution in [0.25, 0.3) is 11.1 Å². The molecule has 1 atom stereocenters. The molecular weight excluding hydrogens is 380 g/mol. The summed E-state index contributed by atoms with van der Waals surface area (Å²) in [5.74, 6) is -0.409. The summed E-state index contributed by atoms with van der Waals surface area (Å²) >= 11 is 0. The summed E-state index contributed by atoms with van der Waals surface area (Å²) in [7, 11) is 2.03. The fraction of sp³-hybridized carbons (Fsp3) is 0.391. The second-order valence-electron chi connectivity index (χ2n) is 7.46. The van der Waals surface area contributed by atoms with Gasteiger partial charge < -0.3 is 25.6 Å². The molecule has 1 aliphatic heterocycles. The quantitative estimate of drug-likeness (QED) is 0.639. The Kier molecular flexibility index (Phi) is 7.96. The lowest BCUT2D eigenvalue weighted by molar-refractivity contribution is -0.136. The number of carbonyl (C=O) groups is 2. The molecule has 7 heteroatoms. The zero-order valence-corrected chi connectivity index (χ0v) is 17.4. The molecule has 1 aliphatic rings. The maximum atomic E-state index is 13.0. The van der Waals surface area contributed by atoms with Crippen LogP contribution in [0, 0.1) is 0 Å². The van der Waals surface area contributed by atoms with Crippen LogP contribution in [0.5, 0.6) is 0 Å². The summed E-state index contributed by atoms with van der Waals surface area (Å²) < 4.78 is 5.49. The molecule has 0 radical (unpaired) electrons. The lowest BCUT2D eigenvalue weighted by Gasteiger charge is -2.34. The van der Waals surface area contributed by atoms with Gasteiger partial charge in [0.05, 0.1) is 13.2 Å². The standard InChI is InChI=1S/C23H30N4O3/c1-26-12-14-27(15-13-26)23(29)21(17-30-16-11-24)25-22(28)20-9-7-19(8-10-20)18-5-3-2-4-6-18/h2-10,21H,11-17,24H2,1H3,(H,25,28)/t21-/m0/s1. The highest BCUT2D eigenvalue weighted by molar-refractivity contribution is 5.98. The van der Waals surface area contributed by atoms with Crippen molar-refractivity contribution in [3.05, 3.63) is 60.2 Å². The predicted molar refractivity (Wildman–Crippen MR) is 117 cm³/mol. The second kappa shape index (κ2) is 10.9. The van der Waals surface area contributed by atoms with Crippen LogP contribution < -0.4 is 11.1 Å². The van der Waals surface area contributed by atoms with Crippen molar-refractivity contribution in [1.29, 1.82) is 0 Å². The number of ether oxygens (including phenoxy) is 1. The lowest BCUT2D eigenvalue weighted by Crippen LogP contribution is -2.55. The number of carbonyl (C=O) groups excluding carboxylic acids is 2. The van der Waals surface area contributed by atoms with Gasteiger partial charge in [0, 0.05) is 38.3 Å². The van der Waals surface area contributed by atoms with Crippen LogP contribution in [0.15, 0.2) is 54.6 Å². The first-order chi connectivity index (χ1) is 14.6. The molecular formula is C23H30N4O3. The van der Waals surface area contributed by atoms with E-state index < -0.39 is 6.04 Å². The highest BCUT2D eigenvalue weighted by atomic mass is 16.5. The van der Waals surface area contributed by atoms with Crippen molar-refractivity contribution < 1.29 is 14.3 Å². The highest BCUT2D eigenvalue weighted by Crippen LogP contribution is 2.19. The topological polar surface area (TPSA) is 87.9 Å². The number of piperazine rings is 1. The van der Waals surface area contributed by atoms with E-state index in [0.29, 0.717) is 31.8 Å². The van der Waals surface area contributed by atoms with Crippen LogP contribution in [-0.2, 0) is 9.53 Å². The van der Waals surface area contributed by atoms with E-state index in [1.54, 1.807) is 17.0 Å². The molecule has 1 fully saturated rings. The number of likely N-dealkylation sites (N-methyl/N-ethyl adjacent to an activating group) is 1. The fourth-order valence-electron chi connectivity index (χ4n) is 3.39. The summed E-state index contributed by atoms with van der Waals surface area (Å²) in [5.41, 5.74) is 8.11. The second-order valence-corrected chi connectivity index (χ2v) is 7.46. The number of nitrogens with one attached hydrogen (secondary N) is 1. The van der Waals surface area contributed by atoms with Gasteiger partial charge in [0.1, 0.15) is 6.04 Å². The maximum absolute atomic E-state index is 13.0. The van der Waals surface area contributed by atoms with Gasteiger partial charge in [-0.15, -0.1) is 0 Å². The van der Waals surface area contributed by atoms with E-state index in [-0.39, 0.29) is 18.4 Å². The Morgan fingerprint density at radius 1 is 1.00 bits per heavy atom. The van der Waals surface area contributed by atoms with Gasteiger partial charge in [-0.2, -0.15) is 0 Å². The summed E-state index contributed by atoms with van der Waals surface area (Å²) in [6.07, 6.45) is 0. The number of rotatable bonds is 8. The van der Waals surface area contributed by atoms with Crippen molar-refractivity contribution in [1.82, 2.24) is 15.1 Å². The van der Waals surface area contributed by atoms with Crippen molar-refractivity contribution in [3.8, 4) is 11.1 Å². The molecule has 7 nitrogen and oxygen atoms in total. The van der Waals surface area contributed by atoms with Crippen LogP contribution in [0.1, 0.15) is 10.4 Å². The molecule has 0 aromatic heterocycles. The van der Waals surface area contributed by atoms with Gasteiger partial charge in [0.2, 0.25) is 5.91 Å². The van der Waals surface area contributed by atoms with Crippen LogP contribution in [0.2, 0.25) is 0 Å². The lowest BCUT2D eigenvalue weighted by atomic mass is 10.0. The first-order valence-electron chi connectivity index (χ1n) is 10.3. The first kappa shape index (κ1) is 22.0. The Bertz CT molecular complexity index is 818. The third-order valence-corrected chi connectivity index (χ3v) is 5.22. The fourth-order valence-corrected chi connectivity index (χ4v) is 3.39. The molecule has 0 spiro atoms. The maximum Gasteiger partial charge on any atom is 0.251 e. The molecule has 0 aliphatic carbocycles. The van der Waals surface area contributed by atoms with Gasteiger partial charge in [-0.3, -0.25) is 9.59 Å². The van der Waals surface area contributed by atoms with Gasteiger partial charge in [-0.05, 0) is 30.3 Å². The minimum atomic E-state index is -0.735. The normalized spacial score (nSPS) is 15.6. The molecule has 0 unspecified atom stereocenters. The number of nitrogens with zero attached hydrogens (tertiary/aromatic N) is 2. The van der Waals surface area contributed by atoms with Crippen LogP contribution >= 0.6 is 0 Å². The first-order valence-corrected chi connectivity index (χ1v) is 10.3. The van der Waals surface area contributed by atoms with E-state index in [1.165, 1.54) is 0 Å². The molecule has 3 N–H and O–H groups in total. The Balaban J connectivity index is 1.66. The zero-order valence-electron chi connectivity index (χ0n) is 17.4. The molecule has 160 valence electrons. The summed E-state index contributed by atoms with van der Waals surface area (Å²) in [6, 6.07) is 16.6. The minimum absolute atomic E-state index is 0.107. The van der Waals surface area contributed by atoms with Crippen molar-refractivity contribution in [2.24, 2.45) is 5.73 Å². The molecule has 0 bridgehead atoms. The van der Waals surface area contributed by atoms with Crippen molar-refractivity contribution in [3.63, 3.8) is 0 Å². The number of nitrogens with two attached hydrogens (primary N) is 1. The molecule has 0 saturated carbocycles. The molecule has 30 heavy (non-hydrogen) atoms. The smallest absolute Gasteiger partial charge is 0.251 e. The third kappa shape index (κ3) is 5.89. The highest BCUT2D eigenvalue weighted by Gasteiger charge is 2.28. The summed E-state index contributed by atoms with van der Waals surface area (Å²) in [6.45, 7) is 3.73. The molecule has 2 amide bonds. The van der Waals surface area contributed by atoms with Crippen molar-refractivity contribution >= 4 is 11.8 Å². The Morgan fingerprint density at radius 3 is 2.27 bits per heavy atom. The predicted octanol–water partition coefficient (Wildman–Crippen LogP) is 1.20. The van der Waals surface area contributed by atoms with Gasteiger partial charge in [-0.25, -0.2) is 0 Å². The molecule has 1 saturated heterocycles. The van der Waals surface area contributed by atoms with Crippen LogP contribution in [0.3, 0.4) is 0 Å². The van der Waals surface area contributed by atoms with Gasteiger partial charge in [0.15, 0.2) is 0 Å². The van der Waals surface area contributed by atoms with E-state index in [0.717, 1.165) is 24.2 Å². The van der Waals surface area contributed by atoms with E-state index in [1.807, 2.05) is 49.5 Å². The van der Waals surface area contributed by atoms with Gasteiger partial charge in [-0.1, -0.05) is 42.5 Å². The van der Waals surface area contributed by atoms with E-state index >= 15 is 0 Å². The number of hydrogen-bond donors (Lipinski definition) is 2. The summed E-state index contributed by atoms with van der Waals surface area (Å²) in [4.78, 5) is 29.8. The minimum Gasteiger partial charge on any atom is -0.377 e. The monoisotopic (exact) mass is 410 g/mol.